The van der Waals surface area contributed by atoms with Crippen molar-refractivity contribution < 1.29 is 26.3 Å². The van der Waals surface area contributed by atoms with Gasteiger partial charge in [-0.15, -0.1) is 0 Å². The minimum absolute atomic E-state index is 0.322. The highest BCUT2D eigenvalue weighted by molar-refractivity contribution is 7.93. The largest absolute Gasteiger partial charge is 0.204 e. The van der Waals surface area contributed by atoms with Crippen LogP contribution in [0.2, 0.25) is 0 Å². The molecule has 0 radical (unpaired) electrons. The van der Waals surface area contributed by atoms with Gasteiger partial charge >= 0.3 is 0 Å². The van der Waals surface area contributed by atoms with Gasteiger partial charge in [0.05, 0.1) is 0 Å². The fourth-order valence-electron chi connectivity index (χ4n) is 5.06. The highest BCUT2D eigenvalue weighted by Gasteiger charge is 2.34. The lowest BCUT2D eigenvalue weighted by atomic mass is 9.94. The van der Waals surface area contributed by atoms with Crippen molar-refractivity contribution in [1.29, 1.82) is 0 Å². The Kier molecular flexibility index (Phi) is 4.96. The normalized spacial score (nSPS) is 12.3. The van der Waals surface area contributed by atoms with Crippen molar-refractivity contribution in [3.05, 3.63) is 114 Å². The molecule has 0 aliphatic carbocycles. The lowest BCUT2D eigenvalue weighted by molar-refractivity contribution is 0.450. The van der Waals surface area contributed by atoms with Crippen molar-refractivity contribution >= 4 is 61.4 Å². The molecule has 0 aliphatic rings. The summed E-state index contributed by atoms with van der Waals surface area (Å²) < 4.78 is 87.3. The van der Waals surface area contributed by atoms with Gasteiger partial charge in [0.2, 0.25) is 0 Å². The van der Waals surface area contributed by atoms with Crippen LogP contribution in [-0.4, -0.2) is 6.30 Å². The zero-order valence-corrected chi connectivity index (χ0v) is 19.3. The van der Waals surface area contributed by atoms with Gasteiger partial charge in [-0.25, -0.2) is 26.3 Å². The Morgan fingerprint density at radius 1 is 0.444 bits per heavy atom. The zero-order valence-electron chi connectivity index (χ0n) is 18.4. The molecule has 0 aromatic heterocycles. The second-order valence-electron chi connectivity index (χ2n) is 8.64. The molecule has 0 amide bonds. The van der Waals surface area contributed by atoms with Crippen LogP contribution in [0.15, 0.2) is 78.9 Å². The molecule has 0 unspecified atom stereocenters. The van der Waals surface area contributed by atoms with Crippen LogP contribution in [0.1, 0.15) is 0 Å². The van der Waals surface area contributed by atoms with Crippen LogP contribution in [0.25, 0.3) is 32.3 Å². The Labute approximate surface area is 201 Å². The van der Waals surface area contributed by atoms with Crippen molar-refractivity contribution in [3.63, 3.8) is 0 Å². The number of halogens is 6. The lowest BCUT2D eigenvalue weighted by Crippen LogP contribution is -2.31. The third-order valence-electron chi connectivity index (χ3n) is 6.77. The molecule has 0 saturated heterocycles. The molecule has 0 atom stereocenters. The van der Waals surface area contributed by atoms with Gasteiger partial charge in [-0.2, -0.15) is 0 Å². The highest BCUT2D eigenvalue weighted by Crippen LogP contribution is 2.47. The Bertz CT molecular complexity index is 1810. The van der Waals surface area contributed by atoms with Crippen molar-refractivity contribution in [2.75, 3.05) is 0 Å². The molecule has 6 aromatic carbocycles. The second kappa shape index (κ2) is 7.87. The molecule has 7 heteroatoms. The van der Waals surface area contributed by atoms with Crippen molar-refractivity contribution in [3.8, 4) is 0 Å². The molecule has 0 nitrogen and oxygen atoms in total. The highest BCUT2D eigenvalue weighted by atomic mass is 31.2. The van der Waals surface area contributed by atoms with E-state index in [0.29, 0.717) is 10.7 Å². The molecule has 0 spiro atoms. The first-order chi connectivity index (χ1) is 17.2. The molecule has 0 aliphatic heterocycles. The van der Waals surface area contributed by atoms with E-state index in [1.165, 1.54) is 0 Å². The predicted octanol–water partition coefficient (Wildman–Crippen LogP) is 7.14. The van der Waals surface area contributed by atoms with Crippen molar-refractivity contribution in [2.45, 2.75) is 0 Å². The van der Waals surface area contributed by atoms with Gasteiger partial charge in [0.1, 0.15) is 0 Å². The molecule has 6 aromatic rings. The molecule has 0 N–H and O–H groups in total. The first-order valence-electron chi connectivity index (χ1n) is 10.9. The Balaban J connectivity index is 1.81. The van der Waals surface area contributed by atoms with E-state index in [0.717, 1.165) is 51.2 Å². The van der Waals surface area contributed by atoms with Gasteiger partial charge in [-0.1, -0.05) is 60.9 Å². The average molecular weight is 508 g/mol. The number of rotatable bonds is 3. The van der Waals surface area contributed by atoms with Crippen LogP contribution in [0.4, 0.5) is 26.3 Å². The maximum atomic E-state index is 15.3. The first kappa shape index (κ1) is 22.7. The van der Waals surface area contributed by atoms with Crippen LogP contribution in [0.5, 0.6) is 0 Å². The van der Waals surface area contributed by atoms with Gasteiger partial charge in [0.15, 0.2) is 34.9 Å². The minimum Gasteiger partial charge on any atom is -0.204 e. The molecule has 6 rings (SSSR count). The maximum Gasteiger partial charge on any atom is 0.195 e. The van der Waals surface area contributed by atoms with E-state index in [1.54, 1.807) is 18.2 Å². The quantitative estimate of drug-likeness (QED) is 0.103. The van der Waals surface area contributed by atoms with Crippen LogP contribution in [0, 0.1) is 34.9 Å². The summed E-state index contributed by atoms with van der Waals surface area (Å²) in [6.07, 6.45) is 4.18. The predicted molar refractivity (Wildman–Crippen MR) is 136 cm³/mol. The van der Waals surface area contributed by atoms with E-state index >= 15 is 8.78 Å². The molecular formula is C29H15F6P. The molecule has 0 bridgehead atoms. The van der Waals surface area contributed by atoms with Gasteiger partial charge in [-0.3, -0.25) is 0 Å². The average Bonchev–Trinajstić information content (AvgIpc) is 2.88. The molecule has 0 heterocycles. The molecule has 178 valence electrons. The van der Waals surface area contributed by atoms with Crippen LogP contribution in [-0.2, 0) is 0 Å². The van der Waals surface area contributed by atoms with E-state index in [4.69, 9.17) is 0 Å². The summed E-state index contributed by atoms with van der Waals surface area (Å²) in [5.74, 6) is -9.45. The summed E-state index contributed by atoms with van der Waals surface area (Å²) in [5.41, 5.74) is 0. The Hall–Kier alpha value is -3.76. The van der Waals surface area contributed by atoms with Crippen LogP contribution in [0.3, 0.4) is 0 Å². The monoisotopic (exact) mass is 508 g/mol. The number of hydrogen-bond donors (Lipinski definition) is 0. The van der Waals surface area contributed by atoms with E-state index in [9.17, 15) is 17.6 Å². The molecule has 0 fully saturated rings. The van der Waals surface area contributed by atoms with E-state index in [2.05, 4.69) is 6.30 Å². The number of benzene rings is 6. The third kappa shape index (κ3) is 2.97. The van der Waals surface area contributed by atoms with Crippen molar-refractivity contribution in [1.82, 2.24) is 0 Å². The first-order valence-corrected chi connectivity index (χ1v) is 12.9. The standard InChI is InChI=1S/C29H15F6P/c1-36(22-13-10-19(30)26(32)28(22)34,23-14-11-20(31)27(33)29(23)35)21-12-8-17-6-5-15-3-2-4-16-7-9-18(21)25(17)24(15)16/h2-14H,1H2. The van der Waals surface area contributed by atoms with Gasteiger partial charge in [-0.05, 0) is 68.8 Å². The summed E-state index contributed by atoms with van der Waals surface area (Å²) >= 11 is 0. The SMILES string of the molecule is C=P(c1ccc(F)c(F)c1F)(c1ccc(F)c(F)c1F)c1ccc2ccc3cccc4ccc1c2c34. The molecule has 36 heavy (non-hydrogen) atoms. The van der Waals surface area contributed by atoms with Gasteiger partial charge < -0.3 is 0 Å². The smallest absolute Gasteiger partial charge is 0.195 e. The molecular weight excluding hydrogens is 493 g/mol. The minimum atomic E-state index is -3.77. The van der Waals surface area contributed by atoms with E-state index in [1.807, 2.05) is 36.4 Å². The van der Waals surface area contributed by atoms with Crippen LogP contribution < -0.4 is 15.9 Å². The van der Waals surface area contributed by atoms with Gasteiger partial charge in [0, 0.05) is 10.6 Å². The summed E-state index contributed by atoms with van der Waals surface area (Å²) in [5, 5.41) is 4.50. The fraction of sp³-hybridized carbons (Fsp3) is 0. The van der Waals surface area contributed by atoms with Crippen molar-refractivity contribution in [2.24, 2.45) is 0 Å². The summed E-state index contributed by atoms with van der Waals surface area (Å²) in [4.78, 5) is 0. The Morgan fingerprint density at radius 2 is 0.889 bits per heavy atom. The summed E-state index contributed by atoms with van der Waals surface area (Å²) in [6, 6.07) is 20.1. The fourth-order valence-corrected chi connectivity index (χ4v) is 8.29. The van der Waals surface area contributed by atoms with Gasteiger partial charge in [0.25, 0.3) is 0 Å². The topological polar surface area (TPSA) is 0 Å². The number of hydrogen-bond acceptors (Lipinski definition) is 0. The second-order valence-corrected chi connectivity index (χ2v) is 11.7. The third-order valence-corrected chi connectivity index (χ3v) is 10.3. The Morgan fingerprint density at radius 3 is 1.44 bits per heavy atom. The summed E-state index contributed by atoms with van der Waals surface area (Å²) in [6.45, 7) is -3.77. The van der Waals surface area contributed by atoms with E-state index < -0.39 is 52.4 Å². The van der Waals surface area contributed by atoms with E-state index in [-0.39, 0.29) is 0 Å². The molecule has 0 saturated carbocycles. The maximum absolute atomic E-state index is 15.3. The lowest BCUT2D eigenvalue weighted by Gasteiger charge is -2.29. The van der Waals surface area contributed by atoms with Crippen LogP contribution >= 0.6 is 6.89 Å². The zero-order chi connectivity index (χ0) is 25.4. The summed E-state index contributed by atoms with van der Waals surface area (Å²) in [7, 11) is 0.